The molecule has 0 radical (unpaired) electrons. The van der Waals surface area contributed by atoms with Crippen LogP contribution in [0.3, 0.4) is 0 Å². The molecule has 0 bridgehead atoms. The topological polar surface area (TPSA) is 78.0 Å². The first-order valence-electron chi connectivity index (χ1n) is 6.37. The van der Waals surface area contributed by atoms with Crippen LogP contribution in [-0.2, 0) is 9.84 Å². The molecule has 1 atom stereocenters. The lowest BCUT2D eigenvalue weighted by Crippen LogP contribution is -2.11. The third-order valence-corrected chi connectivity index (χ3v) is 5.29. The lowest BCUT2D eigenvalue weighted by Gasteiger charge is -2.07. The van der Waals surface area contributed by atoms with E-state index < -0.39 is 21.5 Å². The van der Waals surface area contributed by atoms with Crippen LogP contribution in [0.2, 0.25) is 0 Å². The number of benzene rings is 1. The molecule has 3 rings (SSSR count). The van der Waals surface area contributed by atoms with Crippen LogP contribution < -0.4 is 5.73 Å². The maximum Gasteiger partial charge on any atom is 0.152 e. The average molecular weight is 313 g/mol. The van der Waals surface area contributed by atoms with Crippen molar-refractivity contribution in [2.45, 2.75) is 12.5 Å². The summed E-state index contributed by atoms with van der Waals surface area (Å²) in [6.45, 7) is 0. The molecule has 0 spiro atoms. The van der Waals surface area contributed by atoms with Gasteiger partial charge < -0.3 is 5.73 Å². The molecule has 112 valence electrons. The number of nitrogen functional groups attached to an aromatic ring is 1. The normalized spacial score (nSPS) is 20.8. The van der Waals surface area contributed by atoms with Gasteiger partial charge in [-0.05, 0) is 18.6 Å². The van der Waals surface area contributed by atoms with E-state index in [1.54, 1.807) is 0 Å². The summed E-state index contributed by atoms with van der Waals surface area (Å²) in [7, 11) is -3.08. The maximum atomic E-state index is 13.8. The summed E-state index contributed by atoms with van der Waals surface area (Å²) in [5, 5.41) is 4.10. The molecule has 1 aromatic carbocycles. The molecule has 1 unspecified atom stereocenters. The quantitative estimate of drug-likeness (QED) is 0.916. The Labute approximate surface area is 120 Å². The van der Waals surface area contributed by atoms with E-state index in [1.165, 1.54) is 16.9 Å². The van der Waals surface area contributed by atoms with Gasteiger partial charge in [-0.25, -0.2) is 17.2 Å². The second kappa shape index (κ2) is 4.80. The highest BCUT2D eigenvalue weighted by Gasteiger charge is 2.30. The second-order valence-electron chi connectivity index (χ2n) is 5.07. The van der Waals surface area contributed by atoms with Crippen LogP contribution >= 0.6 is 0 Å². The summed E-state index contributed by atoms with van der Waals surface area (Å²) in [6.07, 6.45) is 1.84. The number of halogens is 2. The molecule has 1 saturated heterocycles. The van der Waals surface area contributed by atoms with Crippen LogP contribution in [-0.4, -0.2) is 29.7 Å². The number of hydrogen-bond acceptors (Lipinski definition) is 4. The van der Waals surface area contributed by atoms with Crippen LogP contribution in [0, 0.1) is 11.6 Å². The van der Waals surface area contributed by atoms with E-state index in [0.29, 0.717) is 6.42 Å². The van der Waals surface area contributed by atoms with Gasteiger partial charge in [0.2, 0.25) is 0 Å². The Bertz CT molecular complexity index is 781. The molecule has 2 N–H and O–H groups in total. The Balaban J connectivity index is 2.03. The predicted octanol–water partition coefficient (Wildman–Crippen LogP) is 1.77. The van der Waals surface area contributed by atoms with Gasteiger partial charge >= 0.3 is 0 Å². The van der Waals surface area contributed by atoms with E-state index in [9.17, 15) is 17.2 Å². The number of nitrogens with two attached hydrogens (primary N) is 1. The molecule has 2 aromatic rings. The molecule has 0 aliphatic carbocycles. The van der Waals surface area contributed by atoms with Gasteiger partial charge in [-0.1, -0.05) is 6.07 Å². The highest BCUT2D eigenvalue weighted by atomic mass is 32.2. The summed E-state index contributed by atoms with van der Waals surface area (Å²) in [6, 6.07) is 3.15. The summed E-state index contributed by atoms with van der Waals surface area (Å²) in [4.78, 5) is 0. The first-order chi connectivity index (χ1) is 9.87. The van der Waals surface area contributed by atoms with E-state index in [4.69, 9.17) is 5.73 Å². The molecule has 1 aromatic heterocycles. The van der Waals surface area contributed by atoms with Crippen LogP contribution in [0.1, 0.15) is 12.5 Å². The summed E-state index contributed by atoms with van der Waals surface area (Å²) < 4.78 is 51.9. The molecule has 5 nitrogen and oxygen atoms in total. The van der Waals surface area contributed by atoms with E-state index in [2.05, 4.69) is 5.10 Å². The number of rotatable bonds is 2. The Hall–Kier alpha value is -1.96. The zero-order valence-corrected chi connectivity index (χ0v) is 11.8. The van der Waals surface area contributed by atoms with Gasteiger partial charge in [0, 0.05) is 6.20 Å². The molecular weight excluding hydrogens is 300 g/mol. The summed E-state index contributed by atoms with van der Waals surface area (Å²) >= 11 is 0. The Morgan fingerprint density at radius 2 is 1.95 bits per heavy atom. The van der Waals surface area contributed by atoms with Crippen LogP contribution in [0.15, 0.2) is 24.4 Å². The monoisotopic (exact) mass is 313 g/mol. The van der Waals surface area contributed by atoms with Crippen molar-refractivity contribution in [3.63, 3.8) is 0 Å². The van der Waals surface area contributed by atoms with Crippen molar-refractivity contribution < 1.29 is 17.2 Å². The molecule has 21 heavy (non-hydrogen) atoms. The van der Waals surface area contributed by atoms with Crippen LogP contribution in [0.25, 0.3) is 11.3 Å². The van der Waals surface area contributed by atoms with Gasteiger partial charge in [-0.3, -0.25) is 4.68 Å². The van der Waals surface area contributed by atoms with Crippen molar-refractivity contribution in [3.8, 4) is 11.3 Å². The van der Waals surface area contributed by atoms with Crippen molar-refractivity contribution in [1.82, 2.24) is 9.78 Å². The van der Waals surface area contributed by atoms with Crippen molar-refractivity contribution in [2.75, 3.05) is 17.2 Å². The third-order valence-electron chi connectivity index (χ3n) is 3.54. The fourth-order valence-electron chi connectivity index (χ4n) is 2.50. The molecular formula is C13H13F2N3O2S. The molecule has 0 saturated carbocycles. The number of hydrogen-bond donors (Lipinski definition) is 1. The number of aromatic nitrogens is 2. The van der Waals surface area contributed by atoms with E-state index in [0.717, 1.165) is 12.1 Å². The fraction of sp³-hybridized carbons (Fsp3) is 0.308. The molecule has 1 fully saturated rings. The number of nitrogens with zero attached hydrogens (tertiary/aromatic N) is 2. The standard InChI is InChI=1S/C13H13F2N3O2S/c14-9-2-1-3-10(15)12(9)13-11(16)6-18(17-13)8-4-5-21(19,20)7-8/h1-3,6,8H,4-5,7,16H2. The van der Waals surface area contributed by atoms with Crippen molar-refractivity contribution in [1.29, 1.82) is 0 Å². The van der Waals surface area contributed by atoms with Crippen LogP contribution in [0.4, 0.5) is 14.5 Å². The van der Waals surface area contributed by atoms with Gasteiger partial charge in [0.1, 0.15) is 17.3 Å². The second-order valence-corrected chi connectivity index (χ2v) is 7.30. The molecule has 8 heteroatoms. The SMILES string of the molecule is Nc1cn(C2CCS(=O)(=O)C2)nc1-c1c(F)cccc1F. The highest BCUT2D eigenvalue weighted by Crippen LogP contribution is 2.32. The highest BCUT2D eigenvalue weighted by molar-refractivity contribution is 7.91. The summed E-state index contributed by atoms with van der Waals surface area (Å²) in [5.41, 5.74) is 5.59. The lowest BCUT2D eigenvalue weighted by atomic mass is 10.1. The largest absolute Gasteiger partial charge is 0.396 e. The minimum atomic E-state index is -3.08. The summed E-state index contributed by atoms with van der Waals surface area (Å²) in [5.74, 6) is -1.47. The van der Waals surface area contributed by atoms with Crippen molar-refractivity contribution in [2.24, 2.45) is 0 Å². The smallest absolute Gasteiger partial charge is 0.152 e. The number of anilines is 1. The maximum absolute atomic E-state index is 13.8. The van der Waals surface area contributed by atoms with Gasteiger partial charge in [0.05, 0.1) is 28.8 Å². The lowest BCUT2D eigenvalue weighted by molar-refractivity contribution is 0.500. The first-order valence-corrected chi connectivity index (χ1v) is 8.19. The van der Waals surface area contributed by atoms with E-state index in [-0.39, 0.29) is 34.5 Å². The average Bonchev–Trinajstić information content (AvgIpc) is 2.93. The van der Waals surface area contributed by atoms with Crippen LogP contribution in [0.5, 0.6) is 0 Å². The number of sulfone groups is 1. The van der Waals surface area contributed by atoms with Gasteiger partial charge in [-0.2, -0.15) is 5.10 Å². The van der Waals surface area contributed by atoms with E-state index in [1.807, 2.05) is 0 Å². The Morgan fingerprint density at radius 1 is 1.29 bits per heavy atom. The minimum absolute atomic E-state index is 0.00472. The van der Waals surface area contributed by atoms with Crippen molar-refractivity contribution in [3.05, 3.63) is 36.0 Å². The Kier molecular flexibility index (Phi) is 3.20. The minimum Gasteiger partial charge on any atom is -0.396 e. The van der Waals surface area contributed by atoms with Gasteiger partial charge in [0.15, 0.2) is 9.84 Å². The molecule has 1 aliphatic heterocycles. The molecule has 0 amide bonds. The Morgan fingerprint density at radius 3 is 2.52 bits per heavy atom. The zero-order valence-electron chi connectivity index (χ0n) is 11.0. The first kappa shape index (κ1) is 14.0. The molecule has 1 aliphatic rings. The van der Waals surface area contributed by atoms with E-state index >= 15 is 0 Å². The van der Waals surface area contributed by atoms with Gasteiger partial charge in [0.25, 0.3) is 0 Å². The zero-order chi connectivity index (χ0) is 15.2. The fourth-order valence-corrected chi connectivity index (χ4v) is 4.20. The third kappa shape index (κ3) is 2.51. The molecule has 2 heterocycles. The van der Waals surface area contributed by atoms with Crippen molar-refractivity contribution >= 4 is 15.5 Å². The predicted molar refractivity (Wildman–Crippen MR) is 74.3 cm³/mol. The van der Waals surface area contributed by atoms with Gasteiger partial charge in [-0.15, -0.1) is 0 Å².